The van der Waals surface area contributed by atoms with Crippen LogP contribution in [0, 0.1) is 0 Å². The molecule has 1 aromatic heterocycles. The first kappa shape index (κ1) is 18.1. The first-order valence-corrected chi connectivity index (χ1v) is 9.61. The molecule has 8 nitrogen and oxygen atoms in total. The number of hydrogen-bond donors (Lipinski definition) is 3. The van der Waals surface area contributed by atoms with E-state index >= 15 is 0 Å². The molecule has 142 valence electrons. The Balaban J connectivity index is 1.78. The van der Waals surface area contributed by atoms with Crippen LogP contribution in [-0.4, -0.2) is 29.9 Å². The van der Waals surface area contributed by atoms with Gasteiger partial charge in [0.1, 0.15) is 5.50 Å². The van der Waals surface area contributed by atoms with Gasteiger partial charge >= 0.3 is 0 Å². The fourth-order valence-corrected chi connectivity index (χ4v) is 4.41. The molecule has 2 unspecified atom stereocenters. The summed E-state index contributed by atoms with van der Waals surface area (Å²) in [6.07, 6.45) is 1.48. The molecule has 2 amide bonds. The van der Waals surface area contributed by atoms with Gasteiger partial charge in [0.2, 0.25) is 5.91 Å². The van der Waals surface area contributed by atoms with Crippen molar-refractivity contribution in [2.45, 2.75) is 30.8 Å². The Kier molecular flexibility index (Phi) is 4.68. The third-order valence-corrected chi connectivity index (χ3v) is 5.77. The monoisotopic (exact) mass is 387 g/mol. The minimum atomic E-state index is -0.227. The third-order valence-electron chi connectivity index (χ3n) is 4.70. The van der Waals surface area contributed by atoms with Crippen LogP contribution in [0.5, 0.6) is 0 Å². The van der Waals surface area contributed by atoms with Gasteiger partial charge in [-0.15, -0.1) is 11.8 Å². The number of nitrogens with zero attached hydrogens (tertiary/aromatic N) is 2. The van der Waals surface area contributed by atoms with Crippen LogP contribution in [0.3, 0.4) is 0 Å². The lowest BCUT2D eigenvalue weighted by molar-refractivity contribution is -0.117. The molecule has 9 heteroatoms. The SMILES string of the molecule is CC(=O)N1c2ccc(C3NNC(N)S3)cc2N(C(=O)c2ccco2)C[C@@H]1C. The van der Waals surface area contributed by atoms with Crippen LogP contribution in [0.25, 0.3) is 0 Å². The molecule has 2 aliphatic heterocycles. The summed E-state index contributed by atoms with van der Waals surface area (Å²) in [7, 11) is 0. The Bertz CT molecular complexity index is 872. The Morgan fingerprint density at radius 3 is 2.70 bits per heavy atom. The van der Waals surface area contributed by atoms with Crippen molar-refractivity contribution in [3.05, 3.63) is 47.9 Å². The second-order valence-electron chi connectivity index (χ2n) is 6.60. The minimum Gasteiger partial charge on any atom is -0.459 e. The van der Waals surface area contributed by atoms with E-state index in [9.17, 15) is 9.59 Å². The number of thioether (sulfide) groups is 1. The zero-order chi connectivity index (χ0) is 19.1. The van der Waals surface area contributed by atoms with E-state index in [4.69, 9.17) is 10.2 Å². The number of carbonyl (C=O) groups is 2. The second kappa shape index (κ2) is 7.01. The summed E-state index contributed by atoms with van der Waals surface area (Å²) >= 11 is 1.54. The fraction of sp³-hybridized carbons (Fsp3) is 0.333. The molecular formula is C18H21N5O3S. The number of amides is 2. The molecule has 1 fully saturated rings. The fourth-order valence-electron chi connectivity index (χ4n) is 3.55. The van der Waals surface area contributed by atoms with Crippen LogP contribution in [-0.2, 0) is 4.79 Å². The van der Waals surface area contributed by atoms with E-state index in [1.165, 1.54) is 24.9 Å². The molecule has 2 aromatic rings. The quantitative estimate of drug-likeness (QED) is 0.721. The van der Waals surface area contributed by atoms with Gasteiger partial charge in [-0.25, -0.2) is 10.9 Å². The molecule has 3 heterocycles. The van der Waals surface area contributed by atoms with Crippen LogP contribution in [0.4, 0.5) is 11.4 Å². The number of hydrazine groups is 1. The first-order valence-electron chi connectivity index (χ1n) is 8.67. The summed E-state index contributed by atoms with van der Waals surface area (Å²) in [6, 6.07) is 8.96. The van der Waals surface area contributed by atoms with Crippen molar-refractivity contribution in [1.29, 1.82) is 0 Å². The van der Waals surface area contributed by atoms with Crippen molar-refractivity contribution in [2.24, 2.45) is 5.73 Å². The molecule has 1 aromatic carbocycles. The number of nitrogens with one attached hydrogen (secondary N) is 2. The van der Waals surface area contributed by atoms with E-state index in [1.54, 1.807) is 21.9 Å². The van der Waals surface area contributed by atoms with Crippen LogP contribution in [0.15, 0.2) is 41.0 Å². The van der Waals surface area contributed by atoms with Gasteiger partial charge in [0.25, 0.3) is 5.91 Å². The number of furan rings is 1. The van der Waals surface area contributed by atoms with Gasteiger partial charge in [-0.2, -0.15) is 0 Å². The van der Waals surface area contributed by atoms with E-state index in [0.717, 1.165) is 5.56 Å². The molecule has 4 N–H and O–H groups in total. The van der Waals surface area contributed by atoms with E-state index < -0.39 is 0 Å². The average molecular weight is 387 g/mol. The Labute approximate surface area is 161 Å². The van der Waals surface area contributed by atoms with Crippen LogP contribution in [0.1, 0.15) is 35.3 Å². The lowest BCUT2D eigenvalue weighted by Gasteiger charge is -2.40. The second-order valence-corrected chi connectivity index (χ2v) is 7.86. The maximum Gasteiger partial charge on any atom is 0.294 e. The number of anilines is 2. The molecule has 1 saturated heterocycles. The van der Waals surface area contributed by atoms with Gasteiger partial charge in [0.15, 0.2) is 5.76 Å². The standard InChI is InChI=1S/C18H21N5O3S/c1-10-9-22(17(25)15-4-3-7-26-15)14-8-12(16-20-21-18(19)27-16)5-6-13(14)23(10)11(2)24/h3-8,10,16,18,20-21H,9,19H2,1-2H3/t10-,16?,18?/m0/s1. The van der Waals surface area contributed by atoms with E-state index in [2.05, 4.69) is 10.9 Å². The van der Waals surface area contributed by atoms with E-state index in [0.29, 0.717) is 17.9 Å². The van der Waals surface area contributed by atoms with Gasteiger partial charge in [0.05, 0.1) is 29.1 Å². The lowest BCUT2D eigenvalue weighted by atomic mass is 10.0. The van der Waals surface area contributed by atoms with Crippen molar-refractivity contribution in [1.82, 2.24) is 10.9 Å². The van der Waals surface area contributed by atoms with Crippen LogP contribution in [0.2, 0.25) is 0 Å². The van der Waals surface area contributed by atoms with Gasteiger partial charge < -0.3 is 20.0 Å². The van der Waals surface area contributed by atoms with Gasteiger partial charge in [-0.1, -0.05) is 6.07 Å². The normalized spacial score (nSPS) is 24.8. The molecule has 2 aliphatic rings. The summed E-state index contributed by atoms with van der Waals surface area (Å²) in [4.78, 5) is 28.6. The Morgan fingerprint density at radius 2 is 2.07 bits per heavy atom. The van der Waals surface area contributed by atoms with Gasteiger partial charge in [0, 0.05) is 13.5 Å². The van der Waals surface area contributed by atoms with Crippen LogP contribution < -0.4 is 26.4 Å². The Morgan fingerprint density at radius 1 is 1.26 bits per heavy atom. The van der Waals surface area contributed by atoms with Crippen LogP contribution >= 0.6 is 11.8 Å². The molecule has 0 aliphatic carbocycles. The number of benzene rings is 1. The summed E-state index contributed by atoms with van der Waals surface area (Å²) in [6.45, 7) is 3.85. The zero-order valence-electron chi connectivity index (χ0n) is 15.0. The molecule has 3 atom stereocenters. The highest BCUT2D eigenvalue weighted by Crippen LogP contribution is 2.40. The number of nitrogens with two attached hydrogens (primary N) is 1. The summed E-state index contributed by atoms with van der Waals surface area (Å²) < 4.78 is 5.30. The Hall–Kier alpha value is -2.33. The molecule has 0 radical (unpaired) electrons. The average Bonchev–Trinajstić information content (AvgIpc) is 3.31. The highest BCUT2D eigenvalue weighted by Gasteiger charge is 2.35. The lowest BCUT2D eigenvalue weighted by Crippen LogP contribution is -2.51. The largest absolute Gasteiger partial charge is 0.459 e. The van der Waals surface area contributed by atoms with Crippen molar-refractivity contribution in [3.8, 4) is 0 Å². The van der Waals surface area contributed by atoms with Crippen molar-refractivity contribution in [2.75, 3.05) is 16.3 Å². The van der Waals surface area contributed by atoms with E-state index in [-0.39, 0.29) is 34.5 Å². The first-order chi connectivity index (χ1) is 13.0. The highest BCUT2D eigenvalue weighted by atomic mass is 32.2. The molecule has 0 spiro atoms. The predicted octanol–water partition coefficient (Wildman–Crippen LogP) is 1.76. The van der Waals surface area contributed by atoms with Crippen molar-refractivity contribution in [3.63, 3.8) is 0 Å². The highest BCUT2D eigenvalue weighted by molar-refractivity contribution is 8.00. The zero-order valence-corrected chi connectivity index (χ0v) is 15.8. The van der Waals surface area contributed by atoms with Gasteiger partial charge in [-0.05, 0) is 36.8 Å². The van der Waals surface area contributed by atoms with Gasteiger partial charge in [-0.3, -0.25) is 9.59 Å². The topological polar surface area (TPSA) is 104 Å². The molecule has 0 bridgehead atoms. The summed E-state index contributed by atoms with van der Waals surface area (Å²) in [5, 5.41) is -0.0454. The number of rotatable bonds is 2. The molecule has 0 saturated carbocycles. The van der Waals surface area contributed by atoms with E-state index in [1.807, 2.05) is 25.1 Å². The molecule has 27 heavy (non-hydrogen) atoms. The summed E-state index contributed by atoms with van der Waals surface area (Å²) in [5.41, 5.74) is 14.1. The molecule has 4 rings (SSSR count). The third kappa shape index (κ3) is 3.23. The number of fused-ring (bicyclic) bond motifs is 1. The molecular weight excluding hydrogens is 366 g/mol. The predicted molar refractivity (Wildman–Crippen MR) is 104 cm³/mol. The van der Waals surface area contributed by atoms with Crippen molar-refractivity contribution >= 4 is 35.0 Å². The maximum atomic E-state index is 13.0. The van der Waals surface area contributed by atoms with Crippen molar-refractivity contribution < 1.29 is 14.0 Å². The minimum absolute atomic E-state index is 0.0454. The maximum absolute atomic E-state index is 13.0. The number of carbonyl (C=O) groups excluding carboxylic acids is 2. The smallest absolute Gasteiger partial charge is 0.294 e. The number of hydrogen-bond acceptors (Lipinski definition) is 7. The summed E-state index contributed by atoms with van der Waals surface area (Å²) in [5.74, 6) is -0.0131.